The van der Waals surface area contributed by atoms with Crippen LogP contribution in [0.1, 0.15) is 11.1 Å². The predicted octanol–water partition coefficient (Wildman–Crippen LogP) is 3.21. The Morgan fingerprint density at radius 2 is 1.74 bits per heavy atom. The highest BCUT2D eigenvalue weighted by molar-refractivity contribution is 5.93. The van der Waals surface area contributed by atoms with E-state index in [1.165, 1.54) is 0 Å². The molecule has 0 saturated carbocycles. The molecule has 2 aromatic carbocycles. The van der Waals surface area contributed by atoms with Gasteiger partial charge in [0, 0.05) is 31.9 Å². The van der Waals surface area contributed by atoms with Gasteiger partial charge in [-0.3, -0.25) is 9.69 Å². The van der Waals surface area contributed by atoms with Crippen molar-refractivity contribution in [3.63, 3.8) is 0 Å². The third kappa shape index (κ3) is 3.80. The number of aromatic nitrogens is 1. The van der Waals surface area contributed by atoms with Crippen molar-refractivity contribution < 1.29 is 9.21 Å². The van der Waals surface area contributed by atoms with E-state index in [-0.39, 0.29) is 5.91 Å². The van der Waals surface area contributed by atoms with Gasteiger partial charge >= 0.3 is 0 Å². The summed E-state index contributed by atoms with van der Waals surface area (Å²) < 4.78 is 5.85. The van der Waals surface area contributed by atoms with Crippen molar-refractivity contribution in [1.82, 2.24) is 9.88 Å². The van der Waals surface area contributed by atoms with E-state index in [4.69, 9.17) is 4.42 Å². The van der Waals surface area contributed by atoms with Crippen molar-refractivity contribution in [1.29, 1.82) is 0 Å². The monoisotopic (exact) mass is 364 g/mol. The molecule has 6 nitrogen and oxygen atoms in total. The minimum atomic E-state index is 0.0303. The number of nitrogens with one attached hydrogen (secondary N) is 1. The molecule has 1 aliphatic rings. The minimum Gasteiger partial charge on any atom is -0.423 e. The number of hydrogen-bond donors (Lipinski definition) is 1. The molecule has 0 aliphatic carbocycles. The number of hydrogen-bond acceptors (Lipinski definition) is 5. The van der Waals surface area contributed by atoms with Crippen LogP contribution in [0.4, 0.5) is 11.7 Å². The molecule has 0 bridgehead atoms. The van der Waals surface area contributed by atoms with E-state index in [2.05, 4.69) is 20.1 Å². The highest BCUT2D eigenvalue weighted by atomic mass is 16.4. The van der Waals surface area contributed by atoms with Gasteiger partial charge in [0.2, 0.25) is 5.91 Å². The summed E-state index contributed by atoms with van der Waals surface area (Å²) in [6.07, 6.45) is 0. The summed E-state index contributed by atoms with van der Waals surface area (Å²) in [5.74, 6) is 0.0303. The van der Waals surface area contributed by atoms with E-state index in [0.29, 0.717) is 12.6 Å². The second kappa shape index (κ2) is 7.40. The Balaban J connectivity index is 1.33. The molecule has 6 heteroatoms. The number of fused-ring (bicyclic) bond motifs is 1. The quantitative estimate of drug-likeness (QED) is 0.770. The third-order valence-corrected chi connectivity index (χ3v) is 5.04. The first-order valence-electron chi connectivity index (χ1n) is 9.29. The summed E-state index contributed by atoms with van der Waals surface area (Å²) in [5, 5.41) is 3.06. The van der Waals surface area contributed by atoms with Crippen molar-refractivity contribution in [2.75, 3.05) is 42.9 Å². The molecule has 0 unspecified atom stereocenters. The fourth-order valence-electron chi connectivity index (χ4n) is 3.49. The van der Waals surface area contributed by atoms with Gasteiger partial charge in [-0.25, -0.2) is 0 Å². The molecular formula is C21H24N4O2. The fourth-order valence-corrected chi connectivity index (χ4v) is 3.49. The molecule has 4 rings (SSSR count). The second-order valence-electron chi connectivity index (χ2n) is 7.04. The van der Waals surface area contributed by atoms with E-state index in [1.807, 2.05) is 56.3 Å². The number of amides is 1. The second-order valence-corrected chi connectivity index (χ2v) is 7.04. The highest BCUT2D eigenvalue weighted by Crippen LogP contribution is 2.23. The Morgan fingerprint density at radius 3 is 2.44 bits per heavy atom. The Morgan fingerprint density at radius 1 is 1.04 bits per heavy atom. The molecule has 1 amide bonds. The standard InChI is InChI=1S/C21H24N4O2/c1-15-6-5-7-16(2)20(15)23-19(26)14-24-10-12-25(13-11-24)21-22-17-8-3-4-9-18(17)27-21/h3-9H,10-14H2,1-2H3,(H,23,26). The number of carbonyl (C=O) groups is 1. The molecule has 1 aromatic heterocycles. The van der Waals surface area contributed by atoms with Crippen LogP contribution in [0.25, 0.3) is 11.1 Å². The van der Waals surface area contributed by atoms with Gasteiger partial charge in [-0.2, -0.15) is 4.98 Å². The normalized spacial score (nSPS) is 15.3. The molecular weight excluding hydrogens is 340 g/mol. The summed E-state index contributed by atoms with van der Waals surface area (Å²) >= 11 is 0. The van der Waals surface area contributed by atoms with Crippen LogP contribution in [0.15, 0.2) is 46.9 Å². The van der Waals surface area contributed by atoms with Gasteiger partial charge in [0.05, 0.1) is 6.54 Å². The lowest BCUT2D eigenvalue weighted by molar-refractivity contribution is -0.117. The smallest absolute Gasteiger partial charge is 0.298 e. The number of aryl methyl sites for hydroxylation is 2. The first kappa shape index (κ1) is 17.5. The Kier molecular flexibility index (Phi) is 4.81. The summed E-state index contributed by atoms with van der Waals surface area (Å²) in [7, 11) is 0. The van der Waals surface area contributed by atoms with Crippen molar-refractivity contribution in [3.05, 3.63) is 53.6 Å². The molecule has 2 heterocycles. The molecule has 3 aromatic rings. The van der Waals surface area contributed by atoms with Gasteiger partial charge in [-0.15, -0.1) is 0 Å². The summed E-state index contributed by atoms with van der Waals surface area (Å²) in [6, 6.07) is 14.5. The summed E-state index contributed by atoms with van der Waals surface area (Å²) in [4.78, 5) is 21.3. The number of para-hydroxylation sites is 3. The number of carbonyl (C=O) groups excluding carboxylic acids is 1. The molecule has 0 spiro atoms. The largest absolute Gasteiger partial charge is 0.423 e. The van der Waals surface area contributed by atoms with Crippen LogP contribution in [-0.2, 0) is 4.79 Å². The fraction of sp³-hybridized carbons (Fsp3) is 0.333. The minimum absolute atomic E-state index is 0.0303. The van der Waals surface area contributed by atoms with Crippen LogP contribution in [0.2, 0.25) is 0 Å². The molecule has 0 radical (unpaired) electrons. The molecule has 27 heavy (non-hydrogen) atoms. The van der Waals surface area contributed by atoms with Crippen LogP contribution >= 0.6 is 0 Å². The van der Waals surface area contributed by atoms with Crippen molar-refractivity contribution in [2.24, 2.45) is 0 Å². The van der Waals surface area contributed by atoms with E-state index in [9.17, 15) is 4.79 Å². The van der Waals surface area contributed by atoms with Crippen molar-refractivity contribution >= 4 is 28.7 Å². The Labute approximate surface area is 158 Å². The number of nitrogens with zero attached hydrogens (tertiary/aromatic N) is 3. The van der Waals surface area contributed by atoms with Crippen molar-refractivity contribution in [3.8, 4) is 0 Å². The number of benzene rings is 2. The van der Waals surface area contributed by atoms with Crippen LogP contribution in [0, 0.1) is 13.8 Å². The van der Waals surface area contributed by atoms with E-state index in [1.54, 1.807) is 0 Å². The maximum atomic E-state index is 12.5. The van der Waals surface area contributed by atoms with Gasteiger partial charge in [-0.05, 0) is 37.1 Å². The average molecular weight is 364 g/mol. The third-order valence-electron chi connectivity index (χ3n) is 5.04. The van der Waals surface area contributed by atoms with Gasteiger partial charge in [0.1, 0.15) is 5.52 Å². The maximum Gasteiger partial charge on any atom is 0.298 e. The highest BCUT2D eigenvalue weighted by Gasteiger charge is 2.22. The van der Waals surface area contributed by atoms with Gasteiger partial charge in [0.15, 0.2) is 5.58 Å². The van der Waals surface area contributed by atoms with Crippen LogP contribution in [-0.4, -0.2) is 48.5 Å². The van der Waals surface area contributed by atoms with Crippen molar-refractivity contribution in [2.45, 2.75) is 13.8 Å². The van der Waals surface area contributed by atoms with Gasteiger partial charge in [-0.1, -0.05) is 30.3 Å². The SMILES string of the molecule is Cc1cccc(C)c1NC(=O)CN1CCN(c2nc3ccccc3o2)CC1. The topological polar surface area (TPSA) is 61.6 Å². The van der Waals surface area contributed by atoms with E-state index in [0.717, 1.165) is 54.1 Å². The maximum absolute atomic E-state index is 12.5. The van der Waals surface area contributed by atoms with E-state index < -0.39 is 0 Å². The van der Waals surface area contributed by atoms with Crippen LogP contribution < -0.4 is 10.2 Å². The lowest BCUT2D eigenvalue weighted by Crippen LogP contribution is -2.48. The lowest BCUT2D eigenvalue weighted by atomic mass is 10.1. The van der Waals surface area contributed by atoms with Gasteiger partial charge < -0.3 is 14.6 Å². The first-order valence-corrected chi connectivity index (χ1v) is 9.29. The summed E-state index contributed by atoms with van der Waals surface area (Å²) in [6.45, 7) is 7.63. The van der Waals surface area contributed by atoms with Crippen LogP contribution in [0.3, 0.4) is 0 Å². The molecule has 140 valence electrons. The molecule has 1 aliphatic heterocycles. The number of anilines is 2. The Hall–Kier alpha value is -2.86. The number of piperazine rings is 1. The molecule has 1 N–H and O–H groups in total. The zero-order valence-electron chi connectivity index (χ0n) is 15.7. The molecule has 0 atom stereocenters. The summed E-state index contributed by atoms with van der Waals surface area (Å²) in [5.41, 5.74) is 4.78. The first-order chi connectivity index (χ1) is 13.1. The molecule has 1 fully saturated rings. The molecule has 1 saturated heterocycles. The lowest BCUT2D eigenvalue weighted by Gasteiger charge is -2.33. The van der Waals surface area contributed by atoms with E-state index >= 15 is 0 Å². The zero-order valence-corrected chi connectivity index (χ0v) is 15.7. The number of rotatable bonds is 4. The van der Waals surface area contributed by atoms with Gasteiger partial charge in [0.25, 0.3) is 6.01 Å². The van der Waals surface area contributed by atoms with Crippen LogP contribution in [0.5, 0.6) is 0 Å². The Bertz CT molecular complexity index is 904. The zero-order chi connectivity index (χ0) is 18.8. The predicted molar refractivity (Wildman–Crippen MR) is 107 cm³/mol. The number of oxazole rings is 1. The average Bonchev–Trinajstić information content (AvgIpc) is 3.10.